The molecule has 0 aliphatic heterocycles. The fourth-order valence-corrected chi connectivity index (χ4v) is 6.80. The van der Waals surface area contributed by atoms with Crippen molar-refractivity contribution < 1.29 is 4.79 Å². The average Bonchev–Trinajstić information content (AvgIpc) is 2.97. The quantitative estimate of drug-likeness (QED) is 0.837. The van der Waals surface area contributed by atoms with Gasteiger partial charge in [-0.15, -0.1) is 10.2 Å². The van der Waals surface area contributed by atoms with Gasteiger partial charge in [-0.2, -0.15) is 0 Å². The zero-order valence-corrected chi connectivity index (χ0v) is 14.6. The summed E-state index contributed by atoms with van der Waals surface area (Å²) in [6, 6.07) is 0.309. The highest BCUT2D eigenvalue weighted by molar-refractivity contribution is 8.01. The van der Waals surface area contributed by atoms with Crippen molar-refractivity contribution in [1.29, 1.82) is 0 Å². The first-order chi connectivity index (χ1) is 10.6. The predicted molar refractivity (Wildman–Crippen MR) is 88.8 cm³/mol. The molecule has 4 saturated carbocycles. The van der Waals surface area contributed by atoms with Crippen LogP contribution in [-0.4, -0.2) is 27.9 Å². The smallest absolute Gasteiger partial charge is 0.230 e. The number of aromatic nitrogens is 2. The summed E-state index contributed by atoms with van der Waals surface area (Å²) in [5, 5.41) is 11.1. The van der Waals surface area contributed by atoms with E-state index in [1.807, 2.05) is 0 Å². The number of nitrogens with zero attached hydrogens (tertiary/aromatic N) is 2. The molecule has 6 heteroatoms. The second kappa shape index (κ2) is 5.78. The van der Waals surface area contributed by atoms with E-state index in [9.17, 15) is 4.79 Å². The summed E-state index contributed by atoms with van der Waals surface area (Å²) < 4.78 is 0.873. The molecule has 4 aliphatic carbocycles. The van der Waals surface area contributed by atoms with E-state index >= 15 is 0 Å². The minimum Gasteiger partial charge on any atom is -0.352 e. The standard InChI is InChI=1S/C16H23N3OS2/c1-10(18-14(20)8-21-15-19-17-9-22-15)16-5-11-2-12(6-16)4-13(3-11)7-16/h9-13H,2-8H2,1H3,(H,18,20)/t10-,11?,12?,13?,16?/m1/s1. The number of thioether (sulfide) groups is 1. The summed E-state index contributed by atoms with van der Waals surface area (Å²) in [7, 11) is 0. The van der Waals surface area contributed by atoms with Crippen LogP contribution >= 0.6 is 23.1 Å². The van der Waals surface area contributed by atoms with Crippen LogP contribution in [0.5, 0.6) is 0 Å². The zero-order valence-electron chi connectivity index (χ0n) is 13.0. The molecule has 0 spiro atoms. The van der Waals surface area contributed by atoms with E-state index in [1.54, 1.807) is 5.51 Å². The molecule has 1 N–H and O–H groups in total. The summed E-state index contributed by atoms with van der Waals surface area (Å²) in [5.74, 6) is 3.39. The van der Waals surface area contributed by atoms with Crippen molar-refractivity contribution in [2.75, 3.05) is 5.75 Å². The molecule has 0 saturated heterocycles. The van der Waals surface area contributed by atoms with Crippen molar-refractivity contribution in [2.45, 2.75) is 55.8 Å². The largest absolute Gasteiger partial charge is 0.352 e. The first-order valence-electron chi connectivity index (χ1n) is 8.31. The van der Waals surface area contributed by atoms with Crippen molar-refractivity contribution in [2.24, 2.45) is 23.2 Å². The molecule has 1 aromatic heterocycles. The number of amides is 1. The predicted octanol–water partition coefficient (Wildman–Crippen LogP) is 3.35. The Hall–Kier alpha value is -0.620. The van der Waals surface area contributed by atoms with E-state index in [1.165, 1.54) is 61.6 Å². The number of nitrogens with one attached hydrogen (secondary N) is 1. The van der Waals surface area contributed by atoms with Crippen molar-refractivity contribution >= 4 is 29.0 Å². The maximum Gasteiger partial charge on any atom is 0.230 e. The van der Waals surface area contributed by atoms with E-state index in [0.29, 0.717) is 17.2 Å². The molecule has 1 aromatic rings. The molecule has 4 aliphatic rings. The molecule has 5 rings (SSSR count). The second-order valence-corrected chi connectivity index (χ2v) is 9.62. The van der Waals surface area contributed by atoms with Crippen LogP contribution in [0.2, 0.25) is 0 Å². The van der Waals surface area contributed by atoms with Crippen LogP contribution in [0.3, 0.4) is 0 Å². The van der Waals surface area contributed by atoms with Gasteiger partial charge in [0.25, 0.3) is 0 Å². The fourth-order valence-electron chi connectivity index (χ4n) is 5.50. The second-order valence-electron chi connectivity index (χ2n) is 7.56. The van der Waals surface area contributed by atoms with Gasteiger partial charge in [0.05, 0.1) is 5.75 Å². The average molecular weight is 338 g/mol. The van der Waals surface area contributed by atoms with Gasteiger partial charge in [0, 0.05) is 6.04 Å². The minimum atomic E-state index is 0.142. The third kappa shape index (κ3) is 2.80. The lowest BCUT2D eigenvalue weighted by Gasteiger charge is -2.59. The summed E-state index contributed by atoms with van der Waals surface area (Å²) in [5.41, 5.74) is 2.09. The molecular weight excluding hydrogens is 314 g/mol. The summed E-state index contributed by atoms with van der Waals surface area (Å²) in [6.07, 6.45) is 8.37. The first-order valence-corrected chi connectivity index (χ1v) is 10.2. The van der Waals surface area contributed by atoms with Gasteiger partial charge < -0.3 is 5.32 Å². The van der Waals surface area contributed by atoms with Crippen molar-refractivity contribution in [1.82, 2.24) is 15.5 Å². The molecule has 1 atom stereocenters. The van der Waals surface area contributed by atoms with Gasteiger partial charge in [-0.3, -0.25) is 4.79 Å². The Morgan fingerprint density at radius 2 is 2.00 bits per heavy atom. The molecule has 0 radical (unpaired) electrons. The molecule has 22 heavy (non-hydrogen) atoms. The van der Waals surface area contributed by atoms with Crippen LogP contribution in [0, 0.1) is 23.2 Å². The van der Waals surface area contributed by atoms with Gasteiger partial charge in [-0.05, 0) is 68.6 Å². The molecule has 4 bridgehead atoms. The lowest BCUT2D eigenvalue weighted by atomic mass is 9.48. The molecule has 4 fully saturated rings. The normalized spacial score (nSPS) is 37.2. The number of carbonyl (C=O) groups is 1. The molecule has 4 nitrogen and oxygen atoms in total. The Labute approximate surface area is 139 Å². The monoisotopic (exact) mass is 337 g/mol. The van der Waals surface area contributed by atoms with Crippen LogP contribution < -0.4 is 5.32 Å². The topological polar surface area (TPSA) is 54.9 Å². The van der Waals surface area contributed by atoms with E-state index < -0.39 is 0 Å². The van der Waals surface area contributed by atoms with Crippen molar-refractivity contribution in [3.05, 3.63) is 5.51 Å². The van der Waals surface area contributed by atoms with Crippen LogP contribution in [0.4, 0.5) is 0 Å². The summed E-state index contributed by atoms with van der Waals surface area (Å²) in [4.78, 5) is 12.3. The van der Waals surface area contributed by atoms with Gasteiger partial charge in [-0.25, -0.2) is 0 Å². The number of rotatable bonds is 5. The molecule has 1 amide bonds. The van der Waals surface area contributed by atoms with Crippen molar-refractivity contribution in [3.8, 4) is 0 Å². The fraction of sp³-hybridized carbons (Fsp3) is 0.812. The third-order valence-corrected chi connectivity index (χ3v) is 7.91. The molecule has 0 aromatic carbocycles. The Bertz CT molecular complexity index is 510. The van der Waals surface area contributed by atoms with E-state index in [0.717, 1.165) is 22.1 Å². The number of hydrogen-bond acceptors (Lipinski definition) is 5. The van der Waals surface area contributed by atoms with E-state index in [4.69, 9.17) is 0 Å². The Morgan fingerprint density at radius 3 is 2.55 bits per heavy atom. The summed E-state index contributed by atoms with van der Waals surface area (Å²) in [6.45, 7) is 2.24. The molecule has 0 unspecified atom stereocenters. The third-order valence-electron chi connectivity index (χ3n) is 6.05. The highest BCUT2D eigenvalue weighted by Crippen LogP contribution is 2.61. The minimum absolute atomic E-state index is 0.142. The molecule has 120 valence electrons. The first kappa shape index (κ1) is 14.9. The maximum absolute atomic E-state index is 12.3. The lowest BCUT2D eigenvalue weighted by molar-refractivity contribution is -0.123. The van der Waals surface area contributed by atoms with Gasteiger partial charge in [-0.1, -0.05) is 23.1 Å². The van der Waals surface area contributed by atoms with Crippen LogP contribution in [0.15, 0.2) is 9.85 Å². The molecular formula is C16H23N3OS2. The molecule has 1 heterocycles. The Morgan fingerprint density at radius 1 is 1.36 bits per heavy atom. The number of carbonyl (C=O) groups excluding carboxylic acids is 1. The van der Waals surface area contributed by atoms with Gasteiger partial charge in [0.2, 0.25) is 5.91 Å². The SMILES string of the molecule is C[C@@H](NC(=O)CSc1nncs1)C12CC3CC(CC(C3)C1)C2. The Kier molecular flexibility index (Phi) is 3.93. The highest BCUT2D eigenvalue weighted by atomic mass is 32.2. The van der Waals surface area contributed by atoms with Crippen LogP contribution in [0.1, 0.15) is 45.4 Å². The van der Waals surface area contributed by atoms with Crippen molar-refractivity contribution in [3.63, 3.8) is 0 Å². The summed E-state index contributed by atoms with van der Waals surface area (Å²) >= 11 is 2.98. The maximum atomic E-state index is 12.3. The van der Waals surface area contributed by atoms with Crippen LogP contribution in [-0.2, 0) is 4.79 Å². The van der Waals surface area contributed by atoms with Gasteiger partial charge in [0.15, 0.2) is 4.34 Å². The van der Waals surface area contributed by atoms with E-state index in [2.05, 4.69) is 22.4 Å². The Balaban J connectivity index is 1.35. The zero-order chi connectivity index (χ0) is 15.2. The van der Waals surface area contributed by atoms with E-state index in [-0.39, 0.29) is 5.91 Å². The number of hydrogen-bond donors (Lipinski definition) is 1. The van der Waals surface area contributed by atoms with Crippen LogP contribution in [0.25, 0.3) is 0 Å². The lowest BCUT2D eigenvalue weighted by Crippen LogP contribution is -2.56. The highest BCUT2D eigenvalue weighted by Gasteiger charge is 2.53. The van der Waals surface area contributed by atoms with Gasteiger partial charge >= 0.3 is 0 Å². The van der Waals surface area contributed by atoms with Gasteiger partial charge in [0.1, 0.15) is 5.51 Å².